The molecule has 0 saturated carbocycles. The molecule has 0 aromatic carbocycles. The molecule has 5 aliphatic heterocycles. The molecule has 5 heterocycles. The third kappa shape index (κ3) is 9.72. The van der Waals surface area contributed by atoms with Crippen LogP contribution < -0.4 is 5.32 Å². The predicted octanol–water partition coefficient (Wildman–Crippen LogP) is -11.0. The van der Waals surface area contributed by atoms with Gasteiger partial charge in [0.2, 0.25) is 5.91 Å². The SMILES string of the molecule is CC(=O)N[C@H]1[C@@H](O[C@H]2[C@H](O)[C@@H](O)[C@H](O[C@H]3[C@@H](O)[C@@H](CO)O[C@@H](O[C@H]4[C@@H](O)[C@@H](CO)O[C@@H](O[C@@H]5COC(O)[C@H](O)[C@H]5O)[C@@H]4O)[C@@H]3O)O[C@@H]2C(=O)O)O[C@H](CO)[C@@H](O)[C@@H]1O. The van der Waals surface area contributed by atoms with Gasteiger partial charge in [0.25, 0.3) is 0 Å². The van der Waals surface area contributed by atoms with E-state index in [2.05, 4.69) is 5.32 Å². The number of carbonyl (C=O) groups excluding carboxylic acids is 1. The Bertz CT molecular complexity index is 1350. The molecule has 58 heavy (non-hydrogen) atoms. The molecule has 0 bridgehead atoms. The molecule has 16 N–H and O–H groups in total. The van der Waals surface area contributed by atoms with E-state index in [0.29, 0.717) is 0 Å². The lowest BCUT2D eigenvalue weighted by molar-refractivity contribution is -0.388. The minimum atomic E-state index is -2.29. The first-order valence-electron chi connectivity index (χ1n) is 18.0. The Balaban J connectivity index is 1.32. The highest BCUT2D eigenvalue weighted by molar-refractivity contribution is 5.74. The van der Waals surface area contributed by atoms with Crippen molar-refractivity contribution in [2.75, 3.05) is 26.4 Å². The smallest absolute Gasteiger partial charge is 0.335 e. The van der Waals surface area contributed by atoms with Crippen molar-refractivity contribution in [3.05, 3.63) is 0 Å². The molecule has 1 unspecified atom stereocenters. The molecule has 0 aromatic heterocycles. The molecule has 336 valence electrons. The Hall–Kier alpha value is -1.98. The second-order valence-electron chi connectivity index (χ2n) is 14.3. The van der Waals surface area contributed by atoms with Gasteiger partial charge in [-0.2, -0.15) is 0 Å². The number of rotatable bonds is 13. The molecular formula is C31H51NO26. The van der Waals surface area contributed by atoms with E-state index in [4.69, 9.17) is 42.6 Å². The normalized spacial score (nSPS) is 50.3. The van der Waals surface area contributed by atoms with E-state index in [1.165, 1.54) is 0 Å². The number of nitrogens with one attached hydrogen (secondary N) is 1. The Morgan fingerprint density at radius 1 is 0.534 bits per heavy atom. The van der Waals surface area contributed by atoms with Crippen LogP contribution in [0.4, 0.5) is 0 Å². The van der Waals surface area contributed by atoms with Gasteiger partial charge < -0.3 is 125 Å². The number of aliphatic hydroxyl groups excluding tert-OH is 14. The van der Waals surface area contributed by atoms with Crippen molar-refractivity contribution >= 4 is 11.9 Å². The summed E-state index contributed by atoms with van der Waals surface area (Å²) >= 11 is 0. The van der Waals surface area contributed by atoms with Gasteiger partial charge in [0, 0.05) is 6.92 Å². The molecule has 5 fully saturated rings. The highest BCUT2D eigenvalue weighted by Gasteiger charge is 2.57. The summed E-state index contributed by atoms with van der Waals surface area (Å²) in [5, 5.41) is 159. The van der Waals surface area contributed by atoms with Gasteiger partial charge in [0.1, 0.15) is 110 Å². The van der Waals surface area contributed by atoms with Crippen LogP contribution in [0.3, 0.4) is 0 Å². The Labute approximate surface area is 326 Å². The van der Waals surface area contributed by atoms with Crippen molar-refractivity contribution in [3.63, 3.8) is 0 Å². The summed E-state index contributed by atoms with van der Waals surface area (Å²) in [4.78, 5) is 24.3. The van der Waals surface area contributed by atoms with Gasteiger partial charge in [-0.15, -0.1) is 0 Å². The maximum absolute atomic E-state index is 12.4. The zero-order valence-corrected chi connectivity index (χ0v) is 30.4. The van der Waals surface area contributed by atoms with E-state index < -0.39 is 186 Å². The lowest BCUT2D eigenvalue weighted by Gasteiger charge is -2.49. The summed E-state index contributed by atoms with van der Waals surface area (Å²) in [5.74, 6) is -2.62. The summed E-state index contributed by atoms with van der Waals surface area (Å²) in [6.45, 7) is -2.31. The number of aliphatic carboxylic acids is 1. The van der Waals surface area contributed by atoms with Crippen LogP contribution >= 0.6 is 0 Å². The molecular weight excluding hydrogens is 802 g/mol. The molecule has 5 saturated heterocycles. The molecule has 1 amide bonds. The monoisotopic (exact) mass is 853 g/mol. The molecule has 0 aromatic rings. The summed E-state index contributed by atoms with van der Waals surface area (Å²) in [5.41, 5.74) is 0. The van der Waals surface area contributed by atoms with Gasteiger partial charge in [-0.3, -0.25) is 4.79 Å². The van der Waals surface area contributed by atoms with Crippen LogP contribution in [0.15, 0.2) is 0 Å². The molecule has 0 radical (unpaired) electrons. The van der Waals surface area contributed by atoms with Crippen LogP contribution in [0.5, 0.6) is 0 Å². The molecule has 27 nitrogen and oxygen atoms in total. The fourth-order valence-electron chi connectivity index (χ4n) is 7.08. The van der Waals surface area contributed by atoms with Gasteiger partial charge in [0.15, 0.2) is 37.6 Å². The standard InChI is InChI=1S/C31H51NO26/c1-6(36)32-11-16(41)12(37)7(2-33)51-28(11)57-24-17(42)19(44)29(58-25(24)26(47)48)55-23-15(40)9(4-35)53-31(21(23)46)56-22-14(39)8(3-34)52-30(20(22)45)54-10-5-50-27(49)18(43)13(10)38/h7-25,27-31,33-35,37-46,49H,2-5H2,1H3,(H,32,36)(H,47,48)/t7-,8-,9-,10-,11-,12-,13+,14+,15+,16-,17-,18-,19-,20-,21-,22+,23+,24+,25+,27?,28-,29-,30+,31+/m1/s1. The van der Waals surface area contributed by atoms with Gasteiger partial charge in [-0.05, 0) is 0 Å². The molecule has 24 atom stereocenters. The average Bonchev–Trinajstić information content (AvgIpc) is 3.18. The molecule has 27 heteroatoms. The highest BCUT2D eigenvalue weighted by atomic mass is 16.8. The van der Waals surface area contributed by atoms with Crippen LogP contribution in [0.25, 0.3) is 0 Å². The summed E-state index contributed by atoms with van der Waals surface area (Å²) in [7, 11) is 0. The molecule has 0 aliphatic carbocycles. The maximum atomic E-state index is 12.4. The minimum Gasteiger partial charge on any atom is -0.479 e. The Kier molecular flexibility index (Phi) is 16.1. The quantitative estimate of drug-likeness (QED) is 0.0818. The van der Waals surface area contributed by atoms with Crippen molar-refractivity contribution in [1.29, 1.82) is 0 Å². The lowest BCUT2D eigenvalue weighted by atomic mass is 9.94. The fourth-order valence-corrected chi connectivity index (χ4v) is 7.08. The predicted molar refractivity (Wildman–Crippen MR) is 173 cm³/mol. The molecule has 5 aliphatic rings. The first kappa shape index (κ1) is 47.1. The number of hydrogen-bond acceptors (Lipinski definition) is 25. The number of hydrogen-bond donors (Lipinski definition) is 16. The van der Waals surface area contributed by atoms with Crippen molar-refractivity contribution < 1.29 is 129 Å². The van der Waals surface area contributed by atoms with E-state index in [1.807, 2.05) is 0 Å². The second kappa shape index (κ2) is 19.8. The maximum Gasteiger partial charge on any atom is 0.335 e. The van der Waals surface area contributed by atoms with Gasteiger partial charge in [-0.1, -0.05) is 0 Å². The van der Waals surface area contributed by atoms with E-state index in [1.54, 1.807) is 0 Å². The van der Waals surface area contributed by atoms with E-state index in [-0.39, 0.29) is 0 Å². The zero-order valence-electron chi connectivity index (χ0n) is 30.4. The largest absolute Gasteiger partial charge is 0.479 e. The topological polar surface area (TPSA) is 433 Å². The minimum absolute atomic E-state index is 0.522. The van der Waals surface area contributed by atoms with Gasteiger partial charge in [0.05, 0.1) is 26.4 Å². The zero-order chi connectivity index (χ0) is 42.9. The van der Waals surface area contributed by atoms with Gasteiger partial charge >= 0.3 is 5.97 Å². The molecule has 0 spiro atoms. The highest BCUT2D eigenvalue weighted by Crippen LogP contribution is 2.35. The van der Waals surface area contributed by atoms with E-state index in [9.17, 15) is 86.2 Å². The second-order valence-corrected chi connectivity index (χ2v) is 14.3. The van der Waals surface area contributed by atoms with Crippen LogP contribution in [0.1, 0.15) is 6.92 Å². The summed E-state index contributed by atoms with van der Waals surface area (Å²) in [6.07, 6.45) is -44.4. The van der Waals surface area contributed by atoms with Crippen molar-refractivity contribution in [1.82, 2.24) is 5.32 Å². The summed E-state index contributed by atoms with van der Waals surface area (Å²) < 4.78 is 48.9. The first-order chi connectivity index (χ1) is 27.3. The number of carbonyl (C=O) groups is 2. The lowest BCUT2D eigenvalue weighted by Crippen LogP contribution is -2.69. The number of carboxylic acid groups (broad SMARTS) is 1. The third-order valence-electron chi connectivity index (χ3n) is 10.3. The van der Waals surface area contributed by atoms with Crippen LogP contribution in [-0.4, -0.2) is 262 Å². The summed E-state index contributed by atoms with van der Waals surface area (Å²) in [6, 6.07) is -1.61. The van der Waals surface area contributed by atoms with Crippen molar-refractivity contribution in [2.45, 2.75) is 154 Å². The van der Waals surface area contributed by atoms with E-state index in [0.717, 1.165) is 6.92 Å². The fraction of sp³-hybridized carbons (Fsp3) is 0.935. The van der Waals surface area contributed by atoms with E-state index >= 15 is 0 Å². The first-order valence-corrected chi connectivity index (χ1v) is 18.0. The number of amides is 1. The number of ether oxygens (including phenoxy) is 9. The van der Waals surface area contributed by atoms with Gasteiger partial charge in [-0.25, -0.2) is 4.79 Å². The average molecular weight is 854 g/mol. The van der Waals surface area contributed by atoms with Crippen LogP contribution in [0, 0.1) is 0 Å². The van der Waals surface area contributed by atoms with Crippen molar-refractivity contribution in [3.8, 4) is 0 Å². The van der Waals surface area contributed by atoms with Crippen LogP contribution in [0.2, 0.25) is 0 Å². The van der Waals surface area contributed by atoms with Crippen LogP contribution in [-0.2, 0) is 52.2 Å². The third-order valence-corrected chi connectivity index (χ3v) is 10.3. The number of carboxylic acids is 1. The Morgan fingerprint density at radius 2 is 1.00 bits per heavy atom. The Morgan fingerprint density at radius 3 is 1.50 bits per heavy atom. The van der Waals surface area contributed by atoms with Crippen molar-refractivity contribution in [2.24, 2.45) is 0 Å². The number of aliphatic hydroxyl groups is 14. The molecule has 5 rings (SSSR count).